The van der Waals surface area contributed by atoms with Gasteiger partial charge in [-0.05, 0) is 30.9 Å². The van der Waals surface area contributed by atoms with Gasteiger partial charge in [0, 0.05) is 17.0 Å². The maximum absolute atomic E-state index is 14.7. The number of halogens is 1. The molecule has 0 radical (unpaired) electrons. The van der Waals surface area contributed by atoms with Crippen molar-refractivity contribution in [3.8, 4) is 16.9 Å². The lowest BCUT2D eigenvalue weighted by Gasteiger charge is -2.39. The maximum Gasteiger partial charge on any atom is 0.258 e. The summed E-state index contributed by atoms with van der Waals surface area (Å²) in [6.45, 7) is 2.65. The van der Waals surface area contributed by atoms with Crippen LogP contribution in [-0.2, 0) is 6.54 Å². The molecule has 1 aliphatic heterocycles. The Kier molecular flexibility index (Phi) is 3.98. The summed E-state index contributed by atoms with van der Waals surface area (Å²) in [5.74, 6) is 0.636. The molecule has 5 nitrogen and oxygen atoms in total. The normalized spacial score (nSPS) is 20.7. The Morgan fingerprint density at radius 1 is 1.17 bits per heavy atom. The second-order valence-electron chi connectivity index (χ2n) is 8.03. The Morgan fingerprint density at radius 2 is 1.93 bits per heavy atom. The van der Waals surface area contributed by atoms with Crippen LogP contribution in [0.15, 0.2) is 36.4 Å². The standard InChI is InChI=1S/C23H22FN3O2/c1-12-9-13(10-12)27-11-17-20(23(27)28)21(25)15-6-3-5-14(22(15)26-17)19-16(24)7-4-8-18(19)29-2/h3-8,12-13H,9-11H2,1-2H3,(H2,25,26)/t12-,13-. The van der Waals surface area contributed by atoms with Crippen LogP contribution < -0.4 is 10.5 Å². The van der Waals surface area contributed by atoms with Gasteiger partial charge in [-0.1, -0.05) is 31.2 Å². The molecule has 29 heavy (non-hydrogen) atoms. The van der Waals surface area contributed by atoms with E-state index in [9.17, 15) is 9.18 Å². The number of fused-ring (bicyclic) bond motifs is 2. The molecular weight excluding hydrogens is 369 g/mol. The number of carbonyl (C=O) groups excluding carboxylic acids is 1. The van der Waals surface area contributed by atoms with Gasteiger partial charge in [-0.2, -0.15) is 0 Å². The van der Waals surface area contributed by atoms with Crippen molar-refractivity contribution in [3.05, 3.63) is 53.5 Å². The third-order valence-corrected chi connectivity index (χ3v) is 6.18. The van der Waals surface area contributed by atoms with Crippen LogP contribution in [0.25, 0.3) is 22.0 Å². The number of para-hydroxylation sites is 1. The molecule has 0 bridgehead atoms. The first-order valence-corrected chi connectivity index (χ1v) is 9.84. The predicted molar refractivity (Wildman–Crippen MR) is 110 cm³/mol. The van der Waals surface area contributed by atoms with Crippen molar-refractivity contribution in [2.75, 3.05) is 12.8 Å². The quantitative estimate of drug-likeness (QED) is 0.719. The van der Waals surface area contributed by atoms with Crippen molar-refractivity contribution in [3.63, 3.8) is 0 Å². The molecule has 2 heterocycles. The van der Waals surface area contributed by atoms with Crippen LogP contribution in [0.4, 0.5) is 10.1 Å². The van der Waals surface area contributed by atoms with E-state index in [-0.39, 0.29) is 17.8 Å². The minimum absolute atomic E-state index is 0.0438. The zero-order valence-corrected chi connectivity index (χ0v) is 16.4. The third kappa shape index (κ3) is 2.58. The Labute approximate surface area is 168 Å². The molecule has 0 atom stereocenters. The molecule has 1 saturated carbocycles. The predicted octanol–water partition coefficient (Wildman–Crippen LogP) is 4.39. The van der Waals surface area contributed by atoms with E-state index in [2.05, 4.69) is 6.92 Å². The molecule has 1 aliphatic carbocycles. The number of nitrogens with zero attached hydrogens (tertiary/aromatic N) is 2. The number of aromatic nitrogens is 1. The molecule has 2 aliphatic rings. The fourth-order valence-corrected chi connectivity index (χ4v) is 4.64. The number of anilines is 1. The molecule has 0 spiro atoms. The minimum atomic E-state index is -0.390. The lowest BCUT2D eigenvalue weighted by atomic mass is 9.81. The topological polar surface area (TPSA) is 68.5 Å². The van der Waals surface area contributed by atoms with E-state index in [4.69, 9.17) is 15.5 Å². The van der Waals surface area contributed by atoms with Crippen LogP contribution in [0.1, 0.15) is 35.8 Å². The molecule has 1 aromatic heterocycles. The highest BCUT2D eigenvalue weighted by atomic mass is 19.1. The first-order valence-electron chi connectivity index (χ1n) is 9.84. The third-order valence-electron chi connectivity index (χ3n) is 6.18. The van der Waals surface area contributed by atoms with E-state index in [1.54, 1.807) is 18.2 Å². The van der Waals surface area contributed by atoms with Crippen molar-refractivity contribution < 1.29 is 13.9 Å². The van der Waals surface area contributed by atoms with E-state index in [1.165, 1.54) is 13.2 Å². The first-order chi connectivity index (χ1) is 14.0. The molecule has 0 unspecified atom stereocenters. The van der Waals surface area contributed by atoms with Gasteiger partial charge in [0.05, 0.1) is 41.7 Å². The smallest absolute Gasteiger partial charge is 0.258 e. The van der Waals surface area contributed by atoms with E-state index in [0.717, 1.165) is 12.8 Å². The van der Waals surface area contributed by atoms with E-state index in [1.807, 2.05) is 17.0 Å². The molecule has 1 amide bonds. The zero-order valence-electron chi connectivity index (χ0n) is 16.4. The van der Waals surface area contributed by atoms with Gasteiger partial charge in [0.15, 0.2) is 0 Å². The van der Waals surface area contributed by atoms with Gasteiger partial charge in [-0.25, -0.2) is 9.37 Å². The van der Waals surface area contributed by atoms with Crippen LogP contribution >= 0.6 is 0 Å². The lowest BCUT2D eigenvalue weighted by molar-refractivity contribution is 0.0509. The van der Waals surface area contributed by atoms with Crippen molar-refractivity contribution in [2.24, 2.45) is 5.92 Å². The van der Waals surface area contributed by atoms with Crippen LogP contribution in [-0.4, -0.2) is 28.9 Å². The van der Waals surface area contributed by atoms with Gasteiger partial charge in [-0.3, -0.25) is 4.79 Å². The van der Waals surface area contributed by atoms with Crippen molar-refractivity contribution in [1.29, 1.82) is 0 Å². The molecule has 5 rings (SSSR count). The van der Waals surface area contributed by atoms with Crippen molar-refractivity contribution >= 4 is 22.5 Å². The molecule has 3 aromatic rings. The number of nitrogens with two attached hydrogens (primary N) is 1. The molecular formula is C23H22FN3O2. The largest absolute Gasteiger partial charge is 0.496 e. The Balaban J connectivity index is 1.69. The number of ether oxygens (including phenoxy) is 1. The first kappa shape index (κ1) is 17.9. The van der Waals surface area contributed by atoms with Gasteiger partial charge in [0.25, 0.3) is 5.91 Å². The van der Waals surface area contributed by atoms with Gasteiger partial charge in [-0.15, -0.1) is 0 Å². The Hall–Kier alpha value is -3.15. The van der Waals surface area contributed by atoms with E-state index < -0.39 is 0 Å². The number of benzene rings is 2. The maximum atomic E-state index is 14.7. The number of pyridine rings is 1. The molecule has 0 saturated heterocycles. The van der Waals surface area contributed by atoms with E-state index >= 15 is 0 Å². The summed E-state index contributed by atoms with van der Waals surface area (Å²) in [7, 11) is 1.51. The molecule has 6 heteroatoms. The summed E-state index contributed by atoms with van der Waals surface area (Å²) in [5.41, 5.74) is 9.58. The lowest BCUT2D eigenvalue weighted by Crippen LogP contribution is -2.44. The summed E-state index contributed by atoms with van der Waals surface area (Å²) in [6.07, 6.45) is 2.02. The van der Waals surface area contributed by atoms with Crippen molar-refractivity contribution in [1.82, 2.24) is 9.88 Å². The van der Waals surface area contributed by atoms with Gasteiger partial charge in [0.1, 0.15) is 11.6 Å². The molecule has 2 aromatic carbocycles. The summed E-state index contributed by atoms with van der Waals surface area (Å²) < 4.78 is 20.1. The number of methoxy groups -OCH3 is 1. The number of nitrogen functional groups attached to an aromatic ring is 1. The number of rotatable bonds is 3. The highest BCUT2D eigenvalue weighted by molar-refractivity contribution is 6.11. The van der Waals surface area contributed by atoms with Crippen LogP contribution in [0.3, 0.4) is 0 Å². The second-order valence-corrected chi connectivity index (χ2v) is 8.03. The zero-order chi connectivity index (χ0) is 20.3. The van der Waals surface area contributed by atoms with Gasteiger partial charge >= 0.3 is 0 Å². The summed E-state index contributed by atoms with van der Waals surface area (Å²) in [4.78, 5) is 19.7. The SMILES string of the molecule is COc1cccc(F)c1-c1cccc2c(N)c3c(nc12)CN([C@H]1C[C@H](C)C1)C3=O. The van der Waals surface area contributed by atoms with Crippen LogP contribution in [0.2, 0.25) is 0 Å². The average molecular weight is 391 g/mol. The van der Waals surface area contributed by atoms with Gasteiger partial charge in [0.2, 0.25) is 0 Å². The number of carbonyl (C=O) groups is 1. The van der Waals surface area contributed by atoms with Crippen LogP contribution in [0.5, 0.6) is 5.75 Å². The van der Waals surface area contributed by atoms with E-state index in [0.29, 0.717) is 57.2 Å². The monoisotopic (exact) mass is 391 g/mol. The molecule has 1 fully saturated rings. The fourth-order valence-electron chi connectivity index (χ4n) is 4.64. The number of hydrogen-bond acceptors (Lipinski definition) is 4. The summed E-state index contributed by atoms with van der Waals surface area (Å²) in [5, 5.41) is 0.656. The van der Waals surface area contributed by atoms with Gasteiger partial charge < -0.3 is 15.4 Å². The number of hydrogen-bond donors (Lipinski definition) is 1. The molecule has 148 valence electrons. The average Bonchev–Trinajstić information content (AvgIpc) is 3.01. The minimum Gasteiger partial charge on any atom is -0.496 e. The summed E-state index contributed by atoms with van der Waals surface area (Å²) >= 11 is 0. The second kappa shape index (κ2) is 6.44. The fraction of sp³-hybridized carbons (Fsp3) is 0.304. The Morgan fingerprint density at radius 3 is 2.66 bits per heavy atom. The Bertz CT molecular complexity index is 1150. The number of amides is 1. The highest BCUT2D eigenvalue weighted by Crippen LogP contribution is 2.42. The summed E-state index contributed by atoms with van der Waals surface area (Å²) in [6, 6.07) is 10.4. The highest BCUT2D eigenvalue weighted by Gasteiger charge is 2.40. The van der Waals surface area contributed by atoms with Crippen molar-refractivity contribution in [2.45, 2.75) is 32.4 Å². The molecule has 2 N–H and O–H groups in total. The van der Waals surface area contributed by atoms with Crippen LogP contribution in [0, 0.1) is 11.7 Å².